The minimum atomic E-state index is -3.41. The second kappa shape index (κ2) is 11.9. The molecule has 0 amide bonds. The summed E-state index contributed by atoms with van der Waals surface area (Å²) in [6.45, 7) is 0. The van der Waals surface area contributed by atoms with Gasteiger partial charge >= 0.3 is 0 Å². The third kappa shape index (κ3) is 4.35. The van der Waals surface area contributed by atoms with Gasteiger partial charge in [0.2, 0.25) is 0 Å². The van der Waals surface area contributed by atoms with Gasteiger partial charge < -0.3 is 9.46 Å². The fourth-order valence-electron chi connectivity index (χ4n) is 8.76. The summed E-state index contributed by atoms with van der Waals surface area (Å²) in [7, 11) is -3.41. The summed E-state index contributed by atoms with van der Waals surface area (Å²) in [5.74, 6) is 0. The molecule has 0 N–H and O–H groups in total. The van der Waals surface area contributed by atoms with Crippen LogP contribution >= 0.6 is 7.14 Å². The smallest absolute Gasteiger partial charge is 0.172 e. The number of nitrogens with zero attached hydrogens (tertiary/aromatic N) is 1. The van der Waals surface area contributed by atoms with Gasteiger partial charge in [-0.15, -0.1) is 0 Å². The number of para-hydroxylation sites is 2. The Morgan fingerprint density at radius 3 is 1.46 bits per heavy atom. The number of hydrogen-bond acceptors (Lipinski definition) is 2. The lowest BCUT2D eigenvalue weighted by molar-refractivity contribution is 0.593. The summed E-state index contributed by atoms with van der Waals surface area (Å²) in [6, 6.07) is 72.7. The number of rotatable bonds is 6. The fraction of sp³-hybridized carbons (Fsp3) is 0.0204. The summed E-state index contributed by atoms with van der Waals surface area (Å²) in [6.07, 6.45) is 0. The summed E-state index contributed by atoms with van der Waals surface area (Å²) in [5, 5.41) is 4.94. The highest BCUT2D eigenvalue weighted by molar-refractivity contribution is 7.88. The van der Waals surface area contributed by atoms with Crippen molar-refractivity contribution in [2.75, 3.05) is 4.90 Å². The molecule has 0 spiro atoms. The molecule has 1 atom stereocenters. The van der Waals surface area contributed by atoms with E-state index >= 15 is 4.57 Å². The molecule has 1 aliphatic heterocycles. The predicted molar refractivity (Wildman–Crippen MR) is 218 cm³/mol. The van der Waals surface area contributed by atoms with E-state index in [1.807, 2.05) is 18.2 Å². The van der Waals surface area contributed by atoms with E-state index in [0.29, 0.717) is 0 Å². The Kier molecular flexibility index (Phi) is 7.03. The largest absolute Gasteiger partial charge is 0.310 e. The molecule has 246 valence electrons. The van der Waals surface area contributed by atoms with Crippen LogP contribution in [0.3, 0.4) is 0 Å². The zero-order chi connectivity index (χ0) is 34.7. The maximum Gasteiger partial charge on any atom is 0.172 e. The van der Waals surface area contributed by atoms with Crippen LogP contribution in [0.25, 0.3) is 21.7 Å². The first-order valence-electron chi connectivity index (χ1n) is 17.8. The Hall–Kier alpha value is -6.21. The van der Waals surface area contributed by atoms with Crippen molar-refractivity contribution in [2.45, 2.75) is 5.41 Å². The van der Waals surface area contributed by atoms with Crippen LogP contribution in [0.2, 0.25) is 0 Å². The van der Waals surface area contributed by atoms with E-state index in [-0.39, 0.29) is 0 Å². The van der Waals surface area contributed by atoms with Gasteiger partial charge in [0.1, 0.15) is 0 Å². The van der Waals surface area contributed by atoms with Crippen molar-refractivity contribution < 1.29 is 4.57 Å². The Morgan fingerprint density at radius 2 is 0.904 bits per heavy atom. The maximum absolute atomic E-state index is 16.8. The summed E-state index contributed by atoms with van der Waals surface area (Å²) in [5.41, 5.74) is 9.10. The second-order valence-electron chi connectivity index (χ2n) is 13.6. The molecule has 2 aliphatic rings. The third-order valence-electron chi connectivity index (χ3n) is 10.9. The standard InChI is InChI=1S/C49H34NOP/c51-52(42-28-14-5-15-29-42)46-33-36-19-17-16-18-35(36)32-44(46)47-48(52)43-34-41(50(39-24-10-3-11-25-39)40-26-12-4-13-27-40)30-31-45(43)49(47,37-20-6-1-7-21-37)38-22-8-2-9-23-38/h1-34H. The van der Waals surface area contributed by atoms with Gasteiger partial charge in [-0.2, -0.15) is 0 Å². The molecule has 1 unspecified atom stereocenters. The Morgan fingerprint density at radius 1 is 0.423 bits per heavy atom. The van der Waals surface area contributed by atoms with Crippen molar-refractivity contribution in [3.63, 3.8) is 0 Å². The lowest BCUT2D eigenvalue weighted by atomic mass is 9.65. The molecule has 0 aromatic heterocycles. The molecule has 8 aromatic carbocycles. The number of allylic oxidation sites excluding steroid dienone is 1. The van der Waals surface area contributed by atoms with Crippen molar-refractivity contribution in [1.29, 1.82) is 0 Å². The molecule has 0 bridgehead atoms. The van der Waals surface area contributed by atoms with Crippen molar-refractivity contribution in [2.24, 2.45) is 0 Å². The molecular weight excluding hydrogens is 650 g/mol. The molecule has 0 fully saturated rings. The van der Waals surface area contributed by atoms with Crippen LogP contribution in [0, 0.1) is 0 Å². The molecule has 1 aliphatic carbocycles. The second-order valence-corrected chi connectivity index (χ2v) is 16.3. The van der Waals surface area contributed by atoms with Crippen LogP contribution in [-0.4, -0.2) is 0 Å². The van der Waals surface area contributed by atoms with Crippen molar-refractivity contribution in [1.82, 2.24) is 0 Å². The number of hydrogen-bond donors (Lipinski definition) is 0. The van der Waals surface area contributed by atoms with Gasteiger partial charge in [0.05, 0.1) is 5.41 Å². The molecular formula is C49H34NOP. The van der Waals surface area contributed by atoms with E-state index in [1.165, 1.54) is 0 Å². The van der Waals surface area contributed by atoms with Crippen molar-refractivity contribution >= 4 is 56.5 Å². The quantitative estimate of drug-likeness (QED) is 0.163. The molecule has 3 heteroatoms. The van der Waals surface area contributed by atoms with Gasteiger partial charge in [-0.05, 0) is 92.7 Å². The molecule has 0 saturated heterocycles. The van der Waals surface area contributed by atoms with Crippen LogP contribution in [0.5, 0.6) is 0 Å². The first kappa shape index (κ1) is 30.6. The minimum absolute atomic E-state index is 0.714. The highest BCUT2D eigenvalue weighted by Crippen LogP contribution is 2.74. The van der Waals surface area contributed by atoms with E-state index in [1.54, 1.807) is 0 Å². The zero-order valence-corrected chi connectivity index (χ0v) is 29.3. The van der Waals surface area contributed by atoms with E-state index in [4.69, 9.17) is 0 Å². The number of fused-ring (bicyclic) bond motifs is 5. The molecule has 8 aromatic rings. The Labute approximate surface area is 304 Å². The Bertz CT molecular complexity index is 2610. The molecule has 10 rings (SSSR count). The van der Waals surface area contributed by atoms with Crippen molar-refractivity contribution in [3.8, 4) is 0 Å². The SMILES string of the molecule is O=P1(c2ccccc2)C2=C(c3cc4ccccc4cc31)C(c1ccccc1)(c1ccccc1)c1ccc(N(c3ccccc3)c3ccccc3)cc12. The van der Waals surface area contributed by atoms with Gasteiger partial charge in [0, 0.05) is 33.0 Å². The zero-order valence-electron chi connectivity index (χ0n) is 28.4. The normalized spacial score (nSPS) is 16.7. The van der Waals surface area contributed by atoms with Crippen LogP contribution in [0.1, 0.15) is 27.8 Å². The first-order valence-corrected chi connectivity index (χ1v) is 19.5. The van der Waals surface area contributed by atoms with Crippen LogP contribution < -0.4 is 15.5 Å². The van der Waals surface area contributed by atoms with Gasteiger partial charge in [-0.25, -0.2) is 0 Å². The summed E-state index contributed by atoms with van der Waals surface area (Å²) in [4.78, 5) is 2.30. The average Bonchev–Trinajstić information content (AvgIpc) is 3.67. The third-order valence-corrected chi connectivity index (χ3v) is 14.1. The van der Waals surface area contributed by atoms with E-state index < -0.39 is 12.6 Å². The van der Waals surface area contributed by atoms with Gasteiger partial charge in [0.25, 0.3) is 0 Å². The monoisotopic (exact) mass is 683 g/mol. The summed E-state index contributed by atoms with van der Waals surface area (Å²) < 4.78 is 16.8. The highest BCUT2D eigenvalue weighted by atomic mass is 31.2. The van der Waals surface area contributed by atoms with E-state index in [9.17, 15) is 0 Å². The minimum Gasteiger partial charge on any atom is -0.310 e. The molecule has 52 heavy (non-hydrogen) atoms. The summed E-state index contributed by atoms with van der Waals surface area (Å²) >= 11 is 0. The first-order chi connectivity index (χ1) is 25.7. The number of benzene rings is 8. The van der Waals surface area contributed by atoms with E-state index in [0.717, 1.165) is 77.1 Å². The van der Waals surface area contributed by atoms with Crippen LogP contribution in [-0.2, 0) is 9.98 Å². The van der Waals surface area contributed by atoms with Gasteiger partial charge in [-0.3, -0.25) is 0 Å². The highest BCUT2D eigenvalue weighted by Gasteiger charge is 2.57. The fourth-order valence-corrected chi connectivity index (χ4v) is 12.1. The van der Waals surface area contributed by atoms with Gasteiger partial charge in [0.15, 0.2) is 7.14 Å². The lowest BCUT2D eigenvalue weighted by Crippen LogP contribution is -2.30. The molecule has 0 radical (unpaired) electrons. The topological polar surface area (TPSA) is 20.3 Å². The Balaban J connectivity index is 1.37. The van der Waals surface area contributed by atoms with E-state index in [2.05, 4.69) is 193 Å². The maximum atomic E-state index is 16.8. The molecule has 2 nitrogen and oxygen atoms in total. The number of anilines is 3. The molecule has 0 saturated carbocycles. The van der Waals surface area contributed by atoms with Crippen molar-refractivity contribution in [3.05, 3.63) is 234 Å². The average molecular weight is 684 g/mol. The van der Waals surface area contributed by atoms with Crippen LogP contribution in [0.4, 0.5) is 17.1 Å². The molecule has 1 heterocycles. The van der Waals surface area contributed by atoms with Gasteiger partial charge in [-0.1, -0.05) is 158 Å². The lowest BCUT2D eigenvalue weighted by Gasteiger charge is -2.36. The van der Waals surface area contributed by atoms with Crippen LogP contribution in [0.15, 0.2) is 206 Å². The predicted octanol–water partition coefficient (Wildman–Crippen LogP) is 11.9.